The molecule has 3 aromatic carbocycles. The van der Waals surface area contributed by atoms with E-state index < -0.39 is 23.8 Å². The monoisotopic (exact) mass is 518 g/mol. The smallest absolute Gasteiger partial charge is 0.276 e. The van der Waals surface area contributed by atoms with Gasteiger partial charge in [-0.2, -0.15) is 0 Å². The van der Waals surface area contributed by atoms with Crippen LogP contribution >= 0.6 is 12.2 Å². The molecule has 1 atom stereocenters. The summed E-state index contributed by atoms with van der Waals surface area (Å²) in [4.78, 5) is 40.3. The molecule has 0 radical (unpaired) electrons. The van der Waals surface area contributed by atoms with E-state index in [9.17, 15) is 14.4 Å². The average Bonchev–Trinajstić information content (AvgIpc) is 3.13. The summed E-state index contributed by atoms with van der Waals surface area (Å²) in [7, 11) is 1.56. The lowest BCUT2D eigenvalue weighted by atomic mass is 10.1. The number of hydrogen-bond acceptors (Lipinski definition) is 6. The van der Waals surface area contributed by atoms with Gasteiger partial charge in [0, 0.05) is 5.69 Å². The van der Waals surface area contributed by atoms with Crippen LogP contribution in [0.4, 0.5) is 11.4 Å². The van der Waals surface area contributed by atoms with Crippen LogP contribution in [0.3, 0.4) is 0 Å². The molecule has 9 nitrogen and oxygen atoms in total. The summed E-state index contributed by atoms with van der Waals surface area (Å²) < 4.78 is 10.7. The number of rotatable bonds is 9. The van der Waals surface area contributed by atoms with Gasteiger partial charge in [-0.3, -0.25) is 24.7 Å². The summed E-state index contributed by atoms with van der Waals surface area (Å²) in [5.74, 6) is -0.230. The maximum Gasteiger partial charge on any atom is 0.276 e. The topological polar surface area (TPSA) is 100 Å². The lowest BCUT2D eigenvalue weighted by Crippen LogP contribution is -2.51. The molecule has 0 aromatic heterocycles. The minimum absolute atomic E-state index is 0.0575. The predicted molar refractivity (Wildman–Crippen MR) is 143 cm³/mol. The number of anilines is 2. The number of carbonyl (C=O) groups is 3. The Labute approximate surface area is 219 Å². The van der Waals surface area contributed by atoms with Crippen molar-refractivity contribution >= 4 is 46.4 Å². The summed E-state index contributed by atoms with van der Waals surface area (Å²) in [5.41, 5.74) is 4.83. The van der Waals surface area contributed by atoms with Gasteiger partial charge >= 0.3 is 0 Å². The Morgan fingerprint density at radius 2 is 1.57 bits per heavy atom. The maximum atomic E-state index is 13.4. The number of methoxy groups -OCH3 is 1. The number of nitrogens with zero attached hydrogens (tertiary/aromatic N) is 2. The van der Waals surface area contributed by atoms with Crippen molar-refractivity contribution < 1.29 is 23.9 Å². The molecule has 1 aliphatic rings. The van der Waals surface area contributed by atoms with Crippen molar-refractivity contribution in [2.24, 2.45) is 0 Å². The van der Waals surface area contributed by atoms with E-state index in [4.69, 9.17) is 21.7 Å². The molecule has 0 aliphatic carbocycles. The normalized spacial score (nSPS) is 14.9. The molecule has 0 bridgehead atoms. The first kappa shape index (κ1) is 25.6. The van der Waals surface area contributed by atoms with Crippen LogP contribution in [0, 0.1) is 6.92 Å². The number of hydrogen-bond donors (Lipinski definition) is 2. The average molecular weight is 519 g/mol. The molecule has 0 saturated carbocycles. The number of carbonyl (C=O) groups excluding carboxylic acids is 3. The first-order chi connectivity index (χ1) is 17.9. The number of ether oxygens (including phenoxy) is 2. The number of thiocarbonyl (C=S) groups is 1. The Bertz CT molecular complexity index is 1280. The number of nitrogens with one attached hydrogen (secondary N) is 2. The van der Waals surface area contributed by atoms with Gasteiger partial charge in [-0.15, -0.1) is 0 Å². The summed E-state index contributed by atoms with van der Waals surface area (Å²) in [5, 5.41) is 4.10. The number of para-hydroxylation sites is 1. The Morgan fingerprint density at radius 3 is 2.22 bits per heavy atom. The van der Waals surface area contributed by atoms with Gasteiger partial charge < -0.3 is 14.8 Å². The van der Waals surface area contributed by atoms with Gasteiger partial charge in [0.1, 0.15) is 17.5 Å². The molecular weight excluding hydrogens is 492 g/mol. The molecule has 0 spiro atoms. The van der Waals surface area contributed by atoms with Crippen LogP contribution in [-0.4, -0.2) is 47.6 Å². The van der Waals surface area contributed by atoms with Gasteiger partial charge in [0.05, 0.1) is 19.2 Å². The van der Waals surface area contributed by atoms with E-state index in [0.717, 1.165) is 5.56 Å². The summed E-state index contributed by atoms with van der Waals surface area (Å²) in [6.45, 7) is 1.62. The zero-order chi connectivity index (χ0) is 26.4. The molecular formula is C27H26N4O5S. The van der Waals surface area contributed by atoms with E-state index in [-0.39, 0.29) is 18.1 Å². The van der Waals surface area contributed by atoms with Crippen molar-refractivity contribution in [2.75, 3.05) is 23.9 Å². The largest absolute Gasteiger partial charge is 0.497 e. The fraction of sp³-hybridized carbons (Fsp3) is 0.185. The minimum Gasteiger partial charge on any atom is -0.497 e. The van der Waals surface area contributed by atoms with Crippen LogP contribution < -0.4 is 25.1 Å². The molecule has 2 N–H and O–H groups in total. The Balaban J connectivity index is 1.48. The van der Waals surface area contributed by atoms with Crippen molar-refractivity contribution in [3.63, 3.8) is 0 Å². The number of amides is 3. The SMILES string of the molecule is COc1ccc(OCC(=O)NN2C(=S)N(c3ccccc3)C(=O)C2CC(=O)Nc2ccc(C)cc2)cc1. The van der Waals surface area contributed by atoms with E-state index >= 15 is 0 Å². The number of hydrazine groups is 1. The highest BCUT2D eigenvalue weighted by Crippen LogP contribution is 2.26. The van der Waals surface area contributed by atoms with Gasteiger partial charge in [0.15, 0.2) is 6.61 Å². The standard InChI is InChI=1S/C27H26N4O5S/c1-18-8-10-19(11-9-18)28-24(32)16-23-26(34)30(20-6-4-3-5-7-20)27(37)31(23)29-25(33)17-36-22-14-12-21(35-2)13-15-22/h3-15,23H,16-17H2,1-2H3,(H,28,32)(H,29,33). The Kier molecular flexibility index (Phi) is 7.99. The number of benzene rings is 3. The lowest BCUT2D eigenvalue weighted by molar-refractivity contribution is -0.130. The van der Waals surface area contributed by atoms with E-state index in [1.54, 1.807) is 67.8 Å². The van der Waals surface area contributed by atoms with Crippen LogP contribution in [0.2, 0.25) is 0 Å². The van der Waals surface area contributed by atoms with Crippen molar-refractivity contribution in [3.05, 3.63) is 84.4 Å². The minimum atomic E-state index is -1.04. The quantitative estimate of drug-likeness (QED) is 0.419. The lowest BCUT2D eigenvalue weighted by Gasteiger charge is -2.24. The van der Waals surface area contributed by atoms with Crippen LogP contribution in [0.1, 0.15) is 12.0 Å². The summed E-state index contributed by atoms with van der Waals surface area (Å²) >= 11 is 5.55. The summed E-state index contributed by atoms with van der Waals surface area (Å²) in [6.07, 6.45) is -0.226. The Morgan fingerprint density at radius 1 is 0.919 bits per heavy atom. The second-order valence-electron chi connectivity index (χ2n) is 8.30. The van der Waals surface area contributed by atoms with Crippen LogP contribution in [-0.2, 0) is 14.4 Å². The van der Waals surface area contributed by atoms with Gasteiger partial charge in [0.25, 0.3) is 11.8 Å². The van der Waals surface area contributed by atoms with Gasteiger partial charge in [0.2, 0.25) is 11.0 Å². The molecule has 1 saturated heterocycles. The molecule has 1 heterocycles. The molecule has 3 aromatic rings. The molecule has 1 unspecified atom stereocenters. The Hall–Kier alpha value is -4.44. The second-order valence-corrected chi connectivity index (χ2v) is 8.66. The number of aryl methyl sites for hydroxylation is 1. The molecule has 190 valence electrons. The highest BCUT2D eigenvalue weighted by atomic mass is 32.1. The molecule has 10 heteroatoms. The van der Waals surface area contributed by atoms with Gasteiger partial charge in [-0.25, -0.2) is 5.01 Å². The first-order valence-corrected chi connectivity index (χ1v) is 11.9. The summed E-state index contributed by atoms with van der Waals surface area (Å²) in [6, 6.07) is 21.8. The van der Waals surface area contributed by atoms with Crippen molar-refractivity contribution in [3.8, 4) is 11.5 Å². The molecule has 4 rings (SSSR count). The highest BCUT2D eigenvalue weighted by Gasteiger charge is 2.45. The predicted octanol–water partition coefficient (Wildman–Crippen LogP) is 3.44. The zero-order valence-corrected chi connectivity index (χ0v) is 21.2. The van der Waals surface area contributed by atoms with Gasteiger partial charge in [-0.05, 0) is 67.7 Å². The first-order valence-electron chi connectivity index (χ1n) is 11.5. The fourth-order valence-corrected chi connectivity index (χ4v) is 4.09. The fourth-order valence-electron chi connectivity index (χ4n) is 3.73. The van der Waals surface area contributed by atoms with Crippen molar-refractivity contribution in [1.82, 2.24) is 10.4 Å². The molecule has 1 fully saturated rings. The van der Waals surface area contributed by atoms with Crippen LogP contribution in [0.25, 0.3) is 0 Å². The third-order valence-corrected chi connectivity index (χ3v) is 6.00. The molecule has 3 amide bonds. The highest BCUT2D eigenvalue weighted by molar-refractivity contribution is 7.80. The van der Waals surface area contributed by atoms with E-state index in [2.05, 4.69) is 10.7 Å². The van der Waals surface area contributed by atoms with Crippen molar-refractivity contribution in [2.45, 2.75) is 19.4 Å². The third-order valence-electron chi connectivity index (χ3n) is 5.62. The third kappa shape index (κ3) is 6.22. The molecule has 37 heavy (non-hydrogen) atoms. The van der Waals surface area contributed by atoms with E-state index in [0.29, 0.717) is 22.9 Å². The zero-order valence-electron chi connectivity index (χ0n) is 20.3. The van der Waals surface area contributed by atoms with Crippen LogP contribution in [0.15, 0.2) is 78.9 Å². The van der Waals surface area contributed by atoms with Gasteiger partial charge in [-0.1, -0.05) is 35.9 Å². The molecule has 1 aliphatic heterocycles. The second kappa shape index (κ2) is 11.5. The maximum absolute atomic E-state index is 13.4. The van der Waals surface area contributed by atoms with Crippen LogP contribution in [0.5, 0.6) is 11.5 Å². The van der Waals surface area contributed by atoms with E-state index in [1.807, 2.05) is 25.1 Å². The van der Waals surface area contributed by atoms with Crippen molar-refractivity contribution in [1.29, 1.82) is 0 Å². The van der Waals surface area contributed by atoms with E-state index in [1.165, 1.54) is 9.91 Å².